The normalized spacial score (nSPS) is 19.5. The van der Waals surface area contributed by atoms with E-state index >= 15 is 0 Å². The molecule has 110 valence electrons. The first-order chi connectivity index (χ1) is 10.7. The molecule has 0 aromatic heterocycles. The van der Waals surface area contributed by atoms with Crippen LogP contribution in [0.25, 0.3) is 0 Å². The van der Waals surface area contributed by atoms with Crippen LogP contribution in [-0.4, -0.2) is 36.8 Å². The zero-order valence-corrected chi connectivity index (χ0v) is 12.9. The molecular weight excluding hydrogens is 296 g/mol. The van der Waals surface area contributed by atoms with Gasteiger partial charge in [-0.25, -0.2) is 0 Å². The van der Waals surface area contributed by atoms with Crippen molar-refractivity contribution in [2.75, 3.05) is 18.5 Å². The van der Waals surface area contributed by atoms with Crippen LogP contribution in [0.4, 0.5) is 5.69 Å². The summed E-state index contributed by atoms with van der Waals surface area (Å²) in [6.45, 7) is 0.660. The summed E-state index contributed by atoms with van der Waals surface area (Å²) in [4.78, 5) is 7.02. The van der Waals surface area contributed by atoms with Crippen LogP contribution in [0.1, 0.15) is 11.1 Å². The number of rotatable bonds is 1. The molecule has 5 heteroatoms. The molecule has 0 saturated heterocycles. The van der Waals surface area contributed by atoms with Crippen LogP contribution in [0.5, 0.6) is 0 Å². The molecule has 22 heavy (non-hydrogen) atoms. The van der Waals surface area contributed by atoms with Gasteiger partial charge in [0.15, 0.2) is 0 Å². The number of hydrogen-bond donors (Lipinski definition) is 0. The summed E-state index contributed by atoms with van der Waals surface area (Å²) in [5.41, 5.74) is 4.21. The Hall–Kier alpha value is -2.33. The molecule has 4 nitrogen and oxygen atoms in total. The SMILES string of the molecule is CN1N=CN2c3ccc(Cl)cc3C(c3ccccc3)=NCC12. The van der Waals surface area contributed by atoms with Gasteiger partial charge in [0.2, 0.25) is 0 Å². The maximum Gasteiger partial charge on any atom is 0.143 e. The van der Waals surface area contributed by atoms with Gasteiger partial charge >= 0.3 is 0 Å². The second-order valence-electron chi connectivity index (χ2n) is 5.41. The molecular formula is C17H15ClN4. The Balaban J connectivity index is 1.92. The van der Waals surface area contributed by atoms with Crippen molar-refractivity contribution in [3.05, 3.63) is 64.7 Å². The molecule has 2 aromatic rings. The quantitative estimate of drug-likeness (QED) is 0.810. The second kappa shape index (κ2) is 5.14. The molecule has 0 bridgehead atoms. The van der Waals surface area contributed by atoms with Crippen LogP contribution in [-0.2, 0) is 0 Å². The number of fused-ring (bicyclic) bond motifs is 3. The van der Waals surface area contributed by atoms with E-state index in [-0.39, 0.29) is 6.17 Å². The Morgan fingerprint density at radius 1 is 1.14 bits per heavy atom. The van der Waals surface area contributed by atoms with Gasteiger partial charge in [0.05, 0.1) is 17.9 Å². The molecule has 1 atom stereocenters. The van der Waals surface area contributed by atoms with Crippen molar-refractivity contribution >= 4 is 29.3 Å². The Morgan fingerprint density at radius 3 is 2.77 bits per heavy atom. The standard InChI is InChI=1S/C17H15ClN4/c1-21-16-10-19-17(12-5-3-2-4-6-12)14-9-13(18)7-8-15(14)22(16)11-20-21/h2-9,11,16H,10H2,1H3. The van der Waals surface area contributed by atoms with Crippen LogP contribution in [0.15, 0.2) is 58.6 Å². The van der Waals surface area contributed by atoms with Gasteiger partial charge in [0, 0.05) is 23.2 Å². The van der Waals surface area contributed by atoms with E-state index in [9.17, 15) is 0 Å². The highest BCUT2D eigenvalue weighted by atomic mass is 35.5. The van der Waals surface area contributed by atoms with E-state index in [2.05, 4.69) is 22.1 Å². The van der Waals surface area contributed by atoms with E-state index in [0.717, 1.165) is 22.5 Å². The fourth-order valence-corrected chi connectivity index (χ4v) is 3.10. The van der Waals surface area contributed by atoms with Crippen molar-refractivity contribution in [3.8, 4) is 0 Å². The summed E-state index contributed by atoms with van der Waals surface area (Å²) >= 11 is 6.24. The van der Waals surface area contributed by atoms with Gasteiger partial charge in [-0.2, -0.15) is 5.10 Å². The monoisotopic (exact) mass is 310 g/mol. The van der Waals surface area contributed by atoms with E-state index in [1.165, 1.54) is 0 Å². The summed E-state index contributed by atoms with van der Waals surface area (Å²) in [7, 11) is 1.97. The van der Waals surface area contributed by atoms with E-state index in [1.54, 1.807) is 0 Å². The number of nitrogens with zero attached hydrogens (tertiary/aromatic N) is 4. The third-order valence-electron chi connectivity index (χ3n) is 4.06. The average Bonchev–Trinajstić information content (AvgIpc) is 2.82. The van der Waals surface area contributed by atoms with Crippen LogP contribution in [0, 0.1) is 0 Å². The Labute approximate surface area is 134 Å². The number of hydrogen-bond acceptors (Lipinski definition) is 4. The van der Waals surface area contributed by atoms with E-state index in [1.807, 2.05) is 54.8 Å². The Bertz CT molecular complexity index is 769. The maximum atomic E-state index is 6.24. The average molecular weight is 311 g/mol. The Kier molecular flexibility index (Phi) is 3.12. The lowest BCUT2D eigenvalue weighted by Crippen LogP contribution is -2.39. The molecule has 0 N–H and O–H groups in total. The van der Waals surface area contributed by atoms with Crippen LogP contribution in [0.2, 0.25) is 5.02 Å². The highest BCUT2D eigenvalue weighted by molar-refractivity contribution is 6.31. The number of aliphatic imine (C=N–C) groups is 1. The van der Waals surface area contributed by atoms with Gasteiger partial charge in [0.1, 0.15) is 12.5 Å². The lowest BCUT2D eigenvalue weighted by Gasteiger charge is -2.26. The molecule has 2 aliphatic rings. The zero-order valence-electron chi connectivity index (χ0n) is 12.1. The minimum absolute atomic E-state index is 0.112. The van der Waals surface area contributed by atoms with Gasteiger partial charge in [-0.3, -0.25) is 10.0 Å². The smallest absolute Gasteiger partial charge is 0.143 e. The van der Waals surface area contributed by atoms with E-state index in [4.69, 9.17) is 16.6 Å². The molecule has 0 fully saturated rings. The summed E-state index contributed by atoms with van der Waals surface area (Å²) in [5, 5.41) is 7.03. The van der Waals surface area contributed by atoms with Crippen molar-refractivity contribution in [2.45, 2.75) is 6.17 Å². The highest BCUT2D eigenvalue weighted by Gasteiger charge is 2.31. The molecule has 2 aliphatic heterocycles. The third-order valence-corrected chi connectivity index (χ3v) is 4.30. The molecule has 1 unspecified atom stereocenters. The topological polar surface area (TPSA) is 31.2 Å². The zero-order chi connectivity index (χ0) is 15.1. The number of likely N-dealkylation sites (N-methyl/N-ethyl adjacent to an activating group) is 1. The molecule has 0 aliphatic carbocycles. The first-order valence-corrected chi connectivity index (χ1v) is 7.57. The largest absolute Gasteiger partial charge is 0.306 e. The summed E-state index contributed by atoms with van der Waals surface area (Å²) in [5.74, 6) is 0. The lowest BCUT2D eigenvalue weighted by molar-refractivity contribution is 0.292. The van der Waals surface area contributed by atoms with Crippen molar-refractivity contribution < 1.29 is 0 Å². The number of hydrazone groups is 1. The number of halogens is 1. The first-order valence-electron chi connectivity index (χ1n) is 7.19. The van der Waals surface area contributed by atoms with E-state index in [0.29, 0.717) is 11.6 Å². The van der Waals surface area contributed by atoms with Gasteiger partial charge in [0.25, 0.3) is 0 Å². The molecule has 4 rings (SSSR count). The van der Waals surface area contributed by atoms with E-state index < -0.39 is 0 Å². The van der Waals surface area contributed by atoms with Crippen LogP contribution < -0.4 is 4.90 Å². The van der Waals surface area contributed by atoms with Gasteiger partial charge < -0.3 is 4.90 Å². The molecule has 2 aromatic carbocycles. The summed E-state index contributed by atoms with van der Waals surface area (Å²) in [6, 6.07) is 16.2. The minimum atomic E-state index is 0.112. The van der Waals surface area contributed by atoms with Gasteiger partial charge in [-0.15, -0.1) is 0 Å². The number of anilines is 1. The molecule has 0 amide bonds. The van der Waals surface area contributed by atoms with Crippen molar-refractivity contribution in [1.82, 2.24) is 5.01 Å². The summed E-state index contributed by atoms with van der Waals surface area (Å²) < 4.78 is 0. The third kappa shape index (κ3) is 2.07. The molecule has 0 radical (unpaired) electrons. The van der Waals surface area contributed by atoms with Crippen LogP contribution >= 0.6 is 11.6 Å². The van der Waals surface area contributed by atoms with Crippen molar-refractivity contribution in [1.29, 1.82) is 0 Å². The van der Waals surface area contributed by atoms with Crippen molar-refractivity contribution in [3.63, 3.8) is 0 Å². The second-order valence-corrected chi connectivity index (χ2v) is 5.85. The minimum Gasteiger partial charge on any atom is -0.306 e. The fraction of sp³-hybridized carbons (Fsp3) is 0.176. The molecule has 0 spiro atoms. The molecule has 0 saturated carbocycles. The molecule has 2 heterocycles. The fourth-order valence-electron chi connectivity index (χ4n) is 2.92. The lowest BCUT2D eigenvalue weighted by atomic mass is 10.0. The van der Waals surface area contributed by atoms with Crippen molar-refractivity contribution in [2.24, 2.45) is 10.1 Å². The summed E-state index contributed by atoms with van der Waals surface area (Å²) in [6.07, 6.45) is 1.97. The predicted octanol–water partition coefficient (Wildman–Crippen LogP) is 3.21. The maximum absolute atomic E-state index is 6.24. The van der Waals surface area contributed by atoms with Gasteiger partial charge in [-0.05, 0) is 18.2 Å². The highest BCUT2D eigenvalue weighted by Crippen LogP contribution is 2.32. The number of benzene rings is 2. The first kappa shape index (κ1) is 13.3. The predicted molar refractivity (Wildman–Crippen MR) is 90.9 cm³/mol. The van der Waals surface area contributed by atoms with Gasteiger partial charge in [-0.1, -0.05) is 41.9 Å². The van der Waals surface area contributed by atoms with Crippen LogP contribution in [0.3, 0.4) is 0 Å². The Morgan fingerprint density at radius 2 is 1.95 bits per heavy atom.